The Bertz CT molecular complexity index is 493. The third-order valence-corrected chi connectivity index (χ3v) is 4.21. The predicted octanol–water partition coefficient (Wildman–Crippen LogP) is 4.80. The van der Waals surface area contributed by atoms with Crippen molar-refractivity contribution in [3.05, 3.63) is 56.7 Å². The summed E-state index contributed by atoms with van der Waals surface area (Å²) in [6.07, 6.45) is 1.13. The zero-order chi connectivity index (χ0) is 13.0. The number of rotatable bonds is 5. The lowest BCUT2D eigenvalue weighted by molar-refractivity contribution is 0.598. The van der Waals surface area contributed by atoms with Crippen LogP contribution in [0.2, 0.25) is 5.02 Å². The summed E-state index contributed by atoms with van der Waals surface area (Å²) in [7, 11) is 0. The number of thiophene rings is 1. The van der Waals surface area contributed by atoms with Crippen molar-refractivity contribution < 1.29 is 0 Å². The summed E-state index contributed by atoms with van der Waals surface area (Å²) in [5, 5.41) is 8.77. The second-order valence-electron chi connectivity index (χ2n) is 4.40. The fourth-order valence-corrected chi connectivity index (χ4v) is 2.94. The maximum atomic E-state index is 6.23. The summed E-state index contributed by atoms with van der Waals surface area (Å²) in [4.78, 5) is 0. The lowest BCUT2D eigenvalue weighted by Crippen LogP contribution is -2.23. The molecule has 0 saturated heterocycles. The molecule has 1 nitrogen and oxygen atoms in total. The molecule has 3 heteroatoms. The molecule has 0 aliphatic rings. The molecule has 18 heavy (non-hydrogen) atoms. The zero-order valence-corrected chi connectivity index (χ0v) is 12.3. The molecule has 0 saturated carbocycles. The van der Waals surface area contributed by atoms with Crippen molar-refractivity contribution in [2.45, 2.75) is 26.3 Å². The number of halogens is 1. The van der Waals surface area contributed by atoms with Crippen molar-refractivity contribution >= 4 is 22.9 Å². The normalized spacial score (nSPS) is 12.6. The highest BCUT2D eigenvalue weighted by atomic mass is 35.5. The molecule has 0 aliphatic heterocycles. The Hall–Kier alpha value is -0.830. The monoisotopic (exact) mass is 279 g/mol. The first kappa shape index (κ1) is 13.6. The first-order valence-electron chi connectivity index (χ1n) is 6.24. The second-order valence-corrected chi connectivity index (χ2v) is 5.59. The number of hydrogen-bond acceptors (Lipinski definition) is 2. The highest BCUT2D eigenvalue weighted by Crippen LogP contribution is 2.29. The van der Waals surface area contributed by atoms with Gasteiger partial charge in [-0.05, 0) is 59.5 Å². The average Bonchev–Trinajstić information content (AvgIpc) is 2.88. The minimum absolute atomic E-state index is 0.245. The molecule has 0 amide bonds. The topological polar surface area (TPSA) is 12.0 Å². The Balaban J connectivity index is 2.37. The van der Waals surface area contributed by atoms with Gasteiger partial charge in [0.05, 0.1) is 6.04 Å². The van der Waals surface area contributed by atoms with Gasteiger partial charge in [0.1, 0.15) is 0 Å². The van der Waals surface area contributed by atoms with Crippen LogP contribution in [0.1, 0.15) is 36.1 Å². The highest BCUT2D eigenvalue weighted by molar-refractivity contribution is 7.08. The zero-order valence-electron chi connectivity index (χ0n) is 10.7. The van der Waals surface area contributed by atoms with E-state index in [1.165, 1.54) is 16.7 Å². The van der Waals surface area contributed by atoms with E-state index in [9.17, 15) is 0 Å². The Morgan fingerprint density at radius 3 is 2.83 bits per heavy atom. The van der Waals surface area contributed by atoms with E-state index in [-0.39, 0.29) is 6.04 Å². The van der Waals surface area contributed by atoms with Gasteiger partial charge < -0.3 is 5.32 Å². The van der Waals surface area contributed by atoms with Gasteiger partial charge in [-0.2, -0.15) is 11.3 Å². The van der Waals surface area contributed by atoms with Gasteiger partial charge in [-0.15, -0.1) is 0 Å². The van der Waals surface area contributed by atoms with Crippen LogP contribution in [-0.2, 0) is 0 Å². The molecule has 1 aromatic heterocycles. The standard InChI is InChI=1S/C15H18ClNS/c1-3-8-17-15(12-7-9-18-10-12)13-5-4-6-14(16)11(13)2/h4-7,9-10,15,17H,3,8H2,1-2H3. The molecule has 96 valence electrons. The van der Waals surface area contributed by atoms with Crippen LogP contribution in [0.5, 0.6) is 0 Å². The van der Waals surface area contributed by atoms with Gasteiger partial charge in [0.25, 0.3) is 0 Å². The van der Waals surface area contributed by atoms with Crippen molar-refractivity contribution in [1.82, 2.24) is 5.32 Å². The first-order chi connectivity index (χ1) is 8.74. The van der Waals surface area contributed by atoms with Gasteiger partial charge in [-0.25, -0.2) is 0 Å². The Morgan fingerprint density at radius 1 is 1.33 bits per heavy atom. The van der Waals surface area contributed by atoms with Crippen LogP contribution in [0, 0.1) is 6.92 Å². The van der Waals surface area contributed by atoms with Crippen LogP contribution >= 0.6 is 22.9 Å². The van der Waals surface area contributed by atoms with E-state index in [0.29, 0.717) is 0 Å². The third-order valence-electron chi connectivity index (χ3n) is 3.10. The molecule has 0 radical (unpaired) electrons. The largest absolute Gasteiger partial charge is 0.306 e. The van der Waals surface area contributed by atoms with Crippen LogP contribution in [-0.4, -0.2) is 6.54 Å². The van der Waals surface area contributed by atoms with Crippen LogP contribution in [0.15, 0.2) is 35.0 Å². The Kier molecular flexibility index (Phi) is 4.81. The van der Waals surface area contributed by atoms with E-state index in [1.54, 1.807) is 11.3 Å². The second kappa shape index (κ2) is 6.37. The summed E-state index contributed by atoms with van der Waals surface area (Å²) in [6.45, 7) is 5.28. The van der Waals surface area contributed by atoms with E-state index in [0.717, 1.165) is 18.0 Å². The fourth-order valence-electron chi connectivity index (χ4n) is 2.07. The van der Waals surface area contributed by atoms with E-state index < -0.39 is 0 Å². The molecule has 1 N–H and O–H groups in total. The van der Waals surface area contributed by atoms with Crippen molar-refractivity contribution in [1.29, 1.82) is 0 Å². The van der Waals surface area contributed by atoms with Gasteiger partial charge in [-0.1, -0.05) is 30.7 Å². The first-order valence-corrected chi connectivity index (χ1v) is 7.56. The van der Waals surface area contributed by atoms with Crippen LogP contribution in [0.4, 0.5) is 0 Å². The minimum Gasteiger partial charge on any atom is -0.306 e. The van der Waals surface area contributed by atoms with Gasteiger partial charge in [0.15, 0.2) is 0 Å². The summed E-state index contributed by atoms with van der Waals surface area (Å²) >= 11 is 7.96. The van der Waals surface area contributed by atoms with Gasteiger partial charge in [0.2, 0.25) is 0 Å². The van der Waals surface area contributed by atoms with Gasteiger partial charge in [-0.3, -0.25) is 0 Å². The summed E-state index contributed by atoms with van der Waals surface area (Å²) in [5.41, 5.74) is 3.76. The molecule has 0 fully saturated rings. The molecule has 1 aromatic carbocycles. The number of nitrogens with one attached hydrogen (secondary N) is 1. The Labute approximate surface area is 118 Å². The van der Waals surface area contributed by atoms with E-state index in [2.05, 4.69) is 42.1 Å². The third kappa shape index (κ3) is 2.94. The van der Waals surface area contributed by atoms with Gasteiger partial charge in [0, 0.05) is 5.02 Å². The van der Waals surface area contributed by atoms with Crippen LogP contribution in [0.25, 0.3) is 0 Å². The van der Waals surface area contributed by atoms with Crippen LogP contribution < -0.4 is 5.32 Å². The molecule has 2 aromatic rings. The van der Waals surface area contributed by atoms with Crippen molar-refractivity contribution in [2.24, 2.45) is 0 Å². The Morgan fingerprint density at radius 2 is 2.17 bits per heavy atom. The van der Waals surface area contributed by atoms with E-state index >= 15 is 0 Å². The molecule has 1 atom stereocenters. The molecule has 0 aliphatic carbocycles. The van der Waals surface area contributed by atoms with E-state index in [4.69, 9.17) is 11.6 Å². The van der Waals surface area contributed by atoms with Crippen molar-refractivity contribution in [3.63, 3.8) is 0 Å². The lowest BCUT2D eigenvalue weighted by Gasteiger charge is -2.20. The molecule has 0 spiro atoms. The number of benzene rings is 1. The maximum absolute atomic E-state index is 6.23. The van der Waals surface area contributed by atoms with E-state index in [1.807, 2.05) is 12.1 Å². The molecular formula is C15H18ClNS. The van der Waals surface area contributed by atoms with Gasteiger partial charge >= 0.3 is 0 Å². The fraction of sp³-hybridized carbons (Fsp3) is 0.333. The minimum atomic E-state index is 0.245. The summed E-state index contributed by atoms with van der Waals surface area (Å²) in [5.74, 6) is 0. The smallest absolute Gasteiger partial charge is 0.0588 e. The lowest BCUT2D eigenvalue weighted by atomic mass is 9.96. The maximum Gasteiger partial charge on any atom is 0.0588 e. The molecule has 1 heterocycles. The predicted molar refractivity (Wildman–Crippen MR) is 80.6 cm³/mol. The SMILES string of the molecule is CCCNC(c1ccsc1)c1cccc(Cl)c1C. The highest BCUT2D eigenvalue weighted by Gasteiger charge is 2.16. The molecular weight excluding hydrogens is 262 g/mol. The van der Waals surface area contributed by atoms with Crippen molar-refractivity contribution in [3.8, 4) is 0 Å². The molecule has 0 bridgehead atoms. The summed E-state index contributed by atoms with van der Waals surface area (Å²) < 4.78 is 0. The number of hydrogen-bond donors (Lipinski definition) is 1. The average molecular weight is 280 g/mol. The quantitative estimate of drug-likeness (QED) is 0.829. The van der Waals surface area contributed by atoms with Crippen LogP contribution in [0.3, 0.4) is 0 Å². The van der Waals surface area contributed by atoms with Crippen molar-refractivity contribution in [2.75, 3.05) is 6.54 Å². The molecule has 1 unspecified atom stereocenters. The molecule has 2 rings (SSSR count). The summed E-state index contributed by atoms with van der Waals surface area (Å²) in [6, 6.07) is 8.56.